The molecule has 0 aromatic rings. The molecule has 0 fully saturated rings. The number of hydrogen-bond donors (Lipinski definition) is 1. The molecule has 1 N–H and O–H groups in total. The summed E-state index contributed by atoms with van der Waals surface area (Å²) in [7, 11) is 0. The van der Waals surface area contributed by atoms with Gasteiger partial charge in [0.25, 0.3) is 0 Å². The SMILES string of the molecule is CCCCC(CCC)CNC(C)(C)C. The molecular formula is C13H29N. The van der Waals surface area contributed by atoms with E-state index in [1.807, 2.05) is 0 Å². The van der Waals surface area contributed by atoms with Crippen molar-refractivity contribution >= 4 is 0 Å². The summed E-state index contributed by atoms with van der Waals surface area (Å²) < 4.78 is 0. The van der Waals surface area contributed by atoms with Crippen molar-refractivity contribution in [1.82, 2.24) is 5.32 Å². The van der Waals surface area contributed by atoms with Crippen LogP contribution in [0.15, 0.2) is 0 Å². The Bertz CT molecular complexity index is 124. The first kappa shape index (κ1) is 14.0. The molecule has 0 bridgehead atoms. The van der Waals surface area contributed by atoms with Gasteiger partial charge < -0.3 is 5.32 Å². The van der Waals surface area contributed by atoms with Crippen molar-refractivity contribution in [3.05, 3.63) is 0 Å². The standard InChI is InChI=1S/C13H29N/c1-6-8-10-12(9-7-2)11-14-13(3,4)5/h12,14H,6-11H2,1-5H3. The van der Waals surface area contributed by atoms with E-state index >= 15 is 0 Å². The van der Waals surface area contributed by atoms with Crippen LogP contribution in [0.1, 0.15) is 66.7 Å². The molecule has 1 heteroatoms. The molecule has 0 aliphatic carbocycles. The first-order valence-electron chi connectivity index (χ1n) is 6.24. The molecule has 86 valence electrons. The van der Waals surface area contributed by atoms with Crippen molar-refractivity contribution in [2.24, 2.45) is 5.92 Å². The Morgan fingerprint density at radius 3 is 2.07 bits per heavy atom. The molecule has 1 atom stereocenters. The lowest BCUT2D eigenvalue weighted by atomic mass is 9.96. The van der Waals surface area contributed by atoms with Crippen LogP contribution >= 0.6 is 0 Å². The van der Waals surface area contributed by atoms with Crippen LogP contribution in [0.25, 0.3) is 0 Å². The minimum atomic E-state index is 0.276. The monoisotopic (exact) mass is 199 g/mol. The summed E-state index contributed by atoms with van der Waals surface area (Å²) in [6.07, 6.45) is 6.81. The average Bonchev–Trinajstić information content (AvgIpc) is 2.08. The highest BCUT2D eigenvalue weighted by Gasteiger charge is 2.12. The van der Waals surface area contributed by atoms with Gasteiger partial charge in [0.05, 0.1) is 0 Å². The van der Waals surface area contributed by atoms with E-state index in [1.165, 1.54) is 38.6 Å². The van der Waals surface area contributed by atoms with Crippen molar-refractivity contribution in [2.45, 2.75) is 72.3 Å². The van der Waals surface area contributed by atoms with E-state index < -0.39 is 0 Å². The van der Waals surface area contributed by atoms with Gasteiger partial charge in [-0.2, -0.15) is 0 Å². The molecule has 1 nitrogen and oxygen atoms in total. The van der Waals surface area contributed by atoms with E-state index in [9.17, 15) is 0 Å². The Kier molecular flexibility index (Phi) is 7.26. The van der Waals surface area contributed by atoms with Crippen LogP contribution < -0.4 is 5.32 Å². The molecule has 0 rings (SSSR count). The van der Waals surface area contributed by atoms with E-state index in [0.29, 0.717) is 0 Å². The molecule has 0 saturated heterocycles. The van der Waals surface area contributed by atoms with Crippen LogP contribution in [0.2, 0.25) is 0 Å². The molecule has 0 amide bonds. The summed E-state index contributed by atoms with van der Waals surface area (Å²) in [4.78, 5) is 0. The fourth-order valence-corrected chi connectivity index (χ4v) is 1.70. The van der Waals surface area contributed by atoms with Gasteiger partial charge in [-0.25, -0.2) is 0 Å². The molecule has 1 unspecified atom stereocenters. The number of nitrogens with one attached hydrogen (secondary N) is 1. The van der Waals surface area contributed by atoms with Crippen molar-refractivity contribution in [2.75, 3.05) is 6.54 Å². The quantitative estimate of drug-likeness (QED) is 0.654. The molecule has 0 spiro atoms. The first-order valence-corrected chi connectivity index (χ1v) is 6.24. The molecule has 0 saturated carbocycles. The highest BCUT2D eigenvalue weighted by molar-refractivity contribution is 4.73. The van der Waals surface area contributed by atoms with E-state index in [4.69, 9.17) is 0 Å². The van der Waals surface area contributed by atoms with Gasteiger partial charge in [0.15, 0.2) is 0 Å². The van der Waals surface area contributed by atoms with Gasteiger partial charge in [0, 0.05) is 5.54 Å². The van der Waals surface area contributed by atoms with Gasteiger partial charge in [-0.15, -0.1) is 0 Å². The summed E-state index contributed by atoms with van der Waals surface area (Å²) in [6.45, 7) is 12.5. The largest absolute Gasteiger partial charge is 0.312 e. The predicted octanol–water partition coefficient (Wildman–Crippen LogP) is 3.98. The number of unbranched alkanes of at least 4 members (excludes halogenated alkanes) is 1. The second-order valence-corrected chi connectivity index (χ2v) is 5.43. The van der Waals surface area contributed by atoms with Crippen LogP contribution in [-0.2, 0) is 0 Å². The molecule has 0 heterocycles. The molecule has 0 aliphatic rings. The average molecular weight is 199 g/mol. The van der Waals surface area contributed by atoms with E-state index in [-0.39, 0.29) is 5.54 Å². The zero-order valence-corrected chi connectivity index (χ0v) is 10.8. The van der Waals surface area contributed by atoms with Gasteiger partial charge in [-0.3, -0.25) is 0 Å². The van der Waals surface area contributed by atoms with Crippen molar-refractivity contribution in [3.63, 3.8) is 0 Å². The normalized spacial score (nSPS) is 14.4. The van der Waals surface area contributed by atoms with Gasteiger partial charge >= 0.3 is 0 Å². The highest BCUT2D eigenvalue weighted by atomic mass is 14.9. The van der Waals surface area contributed by atoms with E-state index in [0.717, 1.165) is 5.92 Å². The molecule has 14 heavy (non-hydrogen) atoms. The smallest absolute Gasteiger partial charge is 0.00966 e. The van der Waals surface area contributed by atoms with Gasteiger partial charge in [0.1, 0.15) is 0 Å². The van der Waals surface area contributed by atoms with E-state index in [2.05, 4.69) is 39.9 Å². The third-order valence-corrected chi connectivity index (χ3v) is 2.58. The lowest BCUT2D eigenvalue weighted by molar-refractivity contribution is 0.338. The van der Waals surface area contributed by atoms with Crippen molar-refractivity contribution in [3.8, 4) is 0 Å². The summed E-state index contributed by atoms with van der Waals surface area (Å²) in [6, 6.07) is 0. The Morgan fingerprint density at radius 2 is 1.64 bits per heavy atom. The third kappa shape index (κ3) is 8.55. The van der Waals surface area contributed by atoms with Gasteiger partial charge in [-0.1, -0.05) is 33.1 Å². The second-order valence-electron chi connectivity index (χ2n) is 5.43. The third-order valence-electron chi connectivity index (χ3n) is 2.58. The van der Waals surface area contributed by atoms with Crippen LogP contribution in [0.5, 0.6) is 0 Å². The topological polar surface area (TPSA) is 12.0 Å². The Labute approximate surface area is 90.7 Å². The lowest BCUT2D eigenvalue weighted by Crippen LogP contribution is -2.39. The van der Waals surface area contributed by atoms with Gasteiger partial charge in [0.2, 0.25) is 0 Å². The van der Waals surface area contributed by atoms with Gasteiger partial charge in [-0.05, 0) is 46.1 Å². The van der Waals surface area contributed by atoms with Crippen molar-refractivity contribution in [1.29, 1.82) is 0 Å². The molecule has 0 radical (unpaired) electrons. The first-order chi connectivity index (χ1) is 6.49. The summed E-state index contributed by atoms with van der Waals surface area (Å²) in [5.74, 6) is 0.888. The zero-order chi connectivity index (χ0) is 11.0. The maximum atomic E-state index is 3.62. The lowest BCUT2D eigenvalue weighted by Gasteiger charge is -2.25. The maximum absolute atomic E-state index is 3.62. The molecule has 0 aromatic carbocycles. The Morgan fingerprint density at radius 1 is 1.00 bits per heavy atom. The van der Waals surface area contributed by atoms with Crippen LogP contribution in [0.3, 0.4) is 0 Å². The van der Waals surface area contributed by atoms with E-state index in [1.54, 1.807) is 0 Å². The minimum Gasteiger partial charge on any atom is -0.312 e. The number of hydrogen-bond acceptors (Lipinski definition) is 1. The maximum Gasteiger partial charge on any atom is 0.00966 e. The number of rotatable bonds is 7. The Hall–Kier alpha value is -0.0400. The highest BCUT2D eigenvalue weighted by Crippen LogP contribution is 2.15. The minimum absolute atomic E-state index is 0.276. The van der Waals surface area contributed by atoms with Crippen LogP contribution in [-0.4, -0.2) is 12.1 Å². The fourth-order valence-electron chi connectivity index (χ4n) is 1.70. The summed E-state index contributed by atoms with van der Waals surface area (Å²) >= 11 is 0. The summed E-state index contributed by atoms with van der Waals surface area (Å²) in [5.41, 5.74) is 0.276. The second kappa shape index (κ2) is 7.28. The molecule has 0 aromatic heterocycles. The zero-order valence-electron chi connectivity index (χ0n) is 10.8. The fraction of sp³-hybridized carbons (Fsp3) is 1.00. The van der Waals surface area contributed by atoms with Crippen LogP contribution in [0.4, 0.5) is 0 Å². The molecule has 0 aliphatic heterocycles. The predicted molar refractivity (Wildman–Crippen MR) is 65.7 cm³/mol. The summed E-state index contributed by atoms with van der Waals surface area (Å²) in [5, 5.41) is 3.62. The van der Waals surface area contributed by atoms with Crippen LogP contribution in [0, 0.1) is 5.92 Å². The Balaban J connectivity index is 3.72. The van der Waals surface area contributed by atoms with Crippen molar-refractivity contribution < 1.29 is 0 Å². The molecular weight excluding hydrogens is 170 g/mol.